The number of hydrogen-bond donors (Lipinski definition) is 0. The van der Waals surface area contributed by atoms with Gasteiger partial charge in [0.15, 0.2) is 0 Å². The number of nitrogens with zero attached hydrogens (tertiary/aromatic N) is 6. The van der Waals surface area contributed by atoms with E-state index in [1.165, 1.54) is 31.5 Å². The molecule has 0 aliphatic carbocycles. The van der Waals surface area contributed by atoms with Gasteiger partial charge in [0.25, 0.3) is 0 Å². The molecule has 0 atom stereocenters. The van der Waals surface area contributed by atoms with Crippen LogP contribution in [0.3, 0.4) is 0 Å². The summed E-state index contributed by atoms with van der Waals surface area (Å²) >= 11 is 0. The first kappa shape index (κ1) is 19.9. The lowest BCUT2D eigenvalue weighted by atomic mass is 10.1. The average Bonchev–Trinajstić information content (AvgIpc) is 2.75. The summed E-state index contributed by atoms with van der Waals surface area (Å²) in [4.78, 5) is 19.5. The second-order valence-electron chi connectivity index (χ2n) is 7.58. The third-order valence-electron chi connectivity index (χ3n) is 5.48. The maximum absolute atomic E-state index is 12.6. The maximum Gasteiger partial charge on any atom is 0.433 e. The molecule has 29 heavy (non-hydrogen) atoms. The van der Waals surface area contributed by atoms with Gasteiger partial charge in [-0.2, -0.15) is 18.2 Å². The Labute approximate surface area is 168 Å². The number of pyridine rings is 1. The second kappa shape index (κ2) is 8.52. The highest BCUT2D eigenvalue weighted by Gasteiger charge is 2.32. The van der Waals surface area contributed by atoms with Crippen molar-refractivity contribution in [3.05, 3.63) is 41.9 Å². The normalized spacial score (nSPS) is 18.9. The van der Waals surface area contributed by atoms with Crippen LogP contribution in [0, 0.1) is 0 Å². The molecule has 0 radical (unpaired) electrons. The zero-order valence-corrected chi connectivity index (χ0v) is 16.3. The molecule has 156 valence electrons. The monoisotopic (exact) mass is 406 g/mol. The van der Waals surface area contributed by atoms with Crippen LogP contribution in [0.1, 0.15) is 30.5 Å². The molecule has 0 saturated carbocycles. The summed E-state index contributed by atoms with van der Waals surface area (Å²) in [5, 5.41) is 0. The van der Waals surface area contributed by atoms with Crippen LogP contribution in [0.4, 0.5) is 24.9 Å². The van der Waals surface area contributed by atoms with Crippen LogP contribution >= 0.6 is 0 Å². The van der Waals surface area contributed by atoms with Crippen molar-refractivity contribution in [2.75, 3.05) is 49.1 Å². The van der Waals surface area contributed by atoms with Gasteiger partial charge >= 0.3 is 6.18 Å². The Bertz CT molecular complexity index is 797. The zero-order valence-electron chi connectivity index (χ0n) is 16.3. The van der Waals surface area contributed by atoms with E-state index in [9.17, 15) is 13.2 Å². The topological polar surface area (TPSA) is 48.4 Å². The molecule has 0 spiro atoms. The van der Waals surface area contributed by atoms with Crippen molar-refractivity contribution < 1.29 is 13.2 Å². The molecule has 0 aromatic carbocycles. The molecular formula is C20H25F3N6. The minimum atomic E-state index is -4.39. The summed E-state index contributed by atoms with van der Waals surface area (Å²) in [6.07, 6.45) is 2.40. The smallest absolute Gasteiger partial charge is 0.354 e. The van der Waals surface area contributed by atoms with Gasteiger partial charge in [0.1, 0.15) is 11.5 Å². The highest BCUT2D eigenvalue weighted by atomic mass is 19.4. The van der Waals surface area contributed by atoms with E-state index in [1.54, 1.807) is 0 Å². The molecule has 0 amide bonds. The Morgan fingerprint density at radius 3 is 2.24 bits per heavy atom. The average molecular weight is 406 g/mol. The number of piperidine rings is 1. The van der Waals surface area contributed by atoms with E-state index in [-0.39, 0.29) is 0 Å². The van der Waals surface area contributed by atoms with Crippen molar-refractivity contribution in [1.29, 1.82) is 0 Å². The van der Waals surface area contributed by atoms with E-state index in [1.807, 2.05) is 12.3 Å². The fourth-order valence-corrected chi connectivity index (χ4v) is 3.84. The minimum absolute atomic E-state index is 0.599. The van der Waals surface area contributed by atoms with E-state index in [4.69, 9.17) is 4.98 Å². The highest BCUT2D eigenvalue weighted by Crippen LogP contribution is 2.27. The molecule has 2 aromatic heterocycles. The first-order chi connectivity index (χ1) is 14.0. The number of piperazine rings is 1. The summed E-state index contributed by atoms with van der Waals surface area (Å²) < 4.78 is 37.9. The van der Waals surface area contributed by atoms with E-state index in [0.717, 1.165) is 62.7 Å². The largest absolute Gasteiger partial charge is 0.433 e. The van der Waals surface area contributed by atoms with Crippen molar-refractivity contribution in [2.45, 2.75) is 32.0 Å². The maximum atomic E-state index is 12.6. The van der Waals surface area contributed by atoms with Crippen molar-refractivity contribution in [3.63, 3.8) is 0 Å². The molecule has 0 unspecified atom stereocenters. The molecule has 4 rings (SSSR count). The van der Waals surface area contributed by atoms with Gasteiger partial charge in [-0.05, 0) is 37.0 Å². The van der Waals surface area contributed by atoms with Crippen LogP contribution in [-0.4, -0.2) is 59.1 Å². The quantitative estimate of drug-likeness (QED) is 0.777. The van der Waals surface area contributed by atoms with Gasteiger partial charge in [-0.1, -0.05) is 6.07 Å². The van der Waals surface area contributed by atoms with Crippen LogP contribution in [0.25, 0.3) is 0 Å². The van der Waals surface area contributed by atoms with Crippen molar-refractivity contribution in [1.82, 2.24) is 19.9 Å². The van der Waals surface area contributed by atoms with Gasteiger partial charge in [0.2, 0.25) is 5.95 Å². The number of rotatable bonds is 4. The lowest BCUT2D eigenvalue weighted by Gasteiger charge is -2.36. The molecule has 0 bridgehead atoms. The van der Waals surface area contributed by atoms with Gasteiger partial charge < -0.3 is 9.80 Å². The molecule has 6 nitrogen and oxygen atoms in total. The Kier molecular flexibility index (Phi) is 5.84. The van der Waals surface area contributed by atoms with Crippen LogP contribution in [0.2, 0.25) is 0 Å². The number of halogens is 3. The van der Waals surface area contributed by atoms with Crippen LogP contribution in [0.15, 0.2) is 30.6 Å². The van der Waals surface area contributed by atoms with Gasteiger partial charge in [-0.3, -0.25) is 9.88 Å². The fraction of sp³-hybridized carbons (Fsp3) is 0.550. The standard InChI is InChI=1S/C20H25F3N6/c21-20(22,23)17-5-4-16(14-25-17)15-27-10-12-28(13-11-27)18-6-7-24-19(26-18)29-8-2-1-3-9-29/h4-7,14H,1-3,8-13,15H2. The van der Waals surface area contributed by atoms with Crippen LogP contribution < -0.4 is 9.80 Å². The van der Waals surface area contributed by atoms with Crippen molar-refractivity contribution >= 4 is 11.8 Å². The summed E-state index contributed by atoms with van der Waals surface area (Å²) in [5.74, 6) is 1.75. The van der Waals surface area contributed by atoms with E-state index in [0.29, 0.717) is 6.54 Å². The molecular weight excluding hydrogens is 381 g/mol. The summed E-state index contributed by atoms with van der Waals surface area (Å²) in [6.45, 7) is 5.92. The Hall–Kier alpha value is -2.42. The first-order valence-electron chi connectivity index (χ1n) is 10.1. The number of hydrogen-bond acceptors (Lipinski definition) is 6. The molecule has 2 fully saturated rings. The van der Waals surface area contributed by atoms with Gasteiger partial charge in [-0.15, -0.1) is 0 Å². The molecule has 2 aromatic rings. The lowest BCUT2D eigenvalue weighted by Crippen LogP contribution is -2.46. The molecule has 2 saturated heterocycles. The third kappa shape index (κ3) is 4.95. The SMILES string of the molecule is FC(F)(F)c1ccc(CN2CCN(c3ccnc(N4CCCCC4)n3)CC2)cn1. The second-order valence-corrected chi connectivity index (χ2v) is 7.58. The number of anilines is 2. The molecule has 9 heteroatoms. The van der Waals surface area contributed by atoms with Gasteiger partial charge in [0.05, 0.1) is 0 Å². The minimum Gasteiger partial charge on any atom is -0.354 e. The molecule has 0 N–H and O–H groups in total. The van der Waals surface area contributed by atoms with Crippen LogP contribution in [-0.2, 0) is 12.7 Å². The van der Waals surface area contributed by atoms with E-state index >= 15 is 0 Å². The molecule has 2 aliphatic heterocycles. The Morgan fingerprint density at radius 2 is 1.59 bits per heavy atom. The molecule has 4 heterocycles. The van der Waals surface area contributed by atoms with Gasteiger partial charge in [-0.25, -0.2) is 4.98 Å². The number of alkyl halides is 3. The lowest BCUT2D eigenvalue weighted by molar-refractivity contribution is -0.141. The summed E-state index contributed by atoms with van der Waals surface area (Å²) in [7, 11) is 0. The fourth-order valence-electron chi connectivity index (χ4n) is 3.84. The van der Waals surface area contributed by atoms with Crippen LogP contribution in [0.5, 0.6) is 0 Å². The van der Waals surface area contributed by atoms with E-state index < -0.39 is 11.9 Å². The molecule has 2 aliphatic rings. The predicted octanol–water partition coefficient (Wildman–Crippen LogP) is 3.20. The Balaban J connectivity index is 1.32. The predicted molar refractivity (Wildman–Crippen MR) is 105 cm³/mol. The van der Waals surface area contributed by atoms with E-state index in [2.05, 4.69) is 24.7 Å². The first-order valence-corrected chi connectivity index (χ1v) is 10.1. The third-order valence-corrected chi connectivity index (χ3v) is 5.48. The Morgan fingerprint density at radius 1 is 0.828 bits per heavy atom. The summed E-state index contributed by atoms with van der Waals surface area (Å²) in [6, 6.07) is 4.51. The summed E-state index contributed by atoms with van der Waals surface area (Å²) in [5.41, 5.74) is -0.0554. The number of aromatic nitrogens is 3. The van der Waals surface area contributed by atoms with Crippen molar-refractivity contribution in [2.24, 2.45) is 0 Å². The van der Waals surface area contributed by atoms with Crippen molar-refractivity contribution in [3.8, 4) is 0 Å². The van der Waals surface area contributed by atoms with Gasteiger partial charge in [0, 0.05) is 58.2 Å². The zero-order chi connectivity index (χ0) is 20.3. The highest BCUT2D eigenvalue weighted by molar-refractivity contribution is 5.44.